The second-order valence-corrected chi connectivity index (χ2v) is 7.49. The maximum absolute atomic E-state index is 12.1. The highest BCUT2D eigenvalue weighted by Crippen LogP contribution is 2.24. The number of ketones is 1. The lowest BCUT2D eigenvalue weighted by Crippen LogP contribution is -2.43. The normalized spacial score (nSPS) is 18.6. The molecule has 1 aliphatic rings. The fraction of sp³-hybridized carbons (Fsp3) is 0.318. The summed E-state index contributed by atoms with van der Waals surface area (Å²) in [6.07, 6.45) is 9.25. The van der Waals surface area contributed by atoms with E-state index in [9.17, 15) is 4.79 Å². The van der Waals surface area contributed by atoms with Gasteiger partial charge < -0.3 is 16.4 Å². The monoisotopic (exact) mass is 403 g/mol. The Labute approximate surface area is 175 Å². The number of carbonyl (C=O) groups excluding carboxylic acids is 1. The van der Waals surface area contributed by atoms with Gasteiger partial charge in [0.25, 0.3) is 0 Å². The molecule has 0 bridgehead atoms. The highest BCUT2D eigenvalue weighted by atomic mass is 16.1. The summed E-state index contributed by atoms with van der Waals surface area (Å²) in [5, 5.41) is 6.58. The minimum absolute atomic E-state index is 0.0824. The number of rotatable bonds is 6. The highest BCUT2D eigenvalue weighted by Gasteiger charge is 2.23. The van der Waals surface area contributed by atoms with Gasteiger partial charge in [0.1, 0.15) is 5.82 Å². The Hall–Kier alpha value is -3.39. The Morgan fingerprint density at radius 1 is 1.07 bits per heavy atom. The summed E-state index contributed by atoms with van der Waals surface area (Å²) in [6.45, 7) is 1.50. The van der Waals surface area contributed by atoms with Crippen molar-refractivity contribution in [2.75, 3.05) is 10.6 Å². The largest absolute Gasteiger partial charge is 0.350 e. The molecule has 1 aromatic carbocycles. The minimum Gasteiger partial charge on any atom is -0.350 e. The Kier molecular flexibility index (Phi) is 5.94. The summed E-state index contributed by atoms with van der Waals surface area (Å²) in [5.41, 5.74) is 8.37. The van der Waals surface area contributed by atoms with Crippen LogP contribution in [0.25, 0.3) is 11.4 Å². The standard InChI is InChI=1S/C22H25N7O/c1-14(30)17-13-26-22(28-19-6-3-2-5-18(19)23)29-21(17)27-16-9-7-15(8-10-16)20-24-11-4-12-25-20/h4,7-13,18-19H,2-3,5-6,23H2,1H3,(H2,26,27,28,29)/t18-,19+/m0/s1. The summed E-state index contributed by atoms with van der Waals surface area (Å²) >= 11 is 0. The van der Waals surface area contributed by atoms with E-state index in [2.05, 4.69) is 30.6 Å². The molecule has 1 saturated carbocycles. The fourth-order valence-electron chi connectivity index (χ4n) is 3.60. The topological polar surface area (TPSA) is 119 Å². The lowest BCUT2D eigenvalue weighted by atomic mass is 9.91. The van der Waals surface area contributed by atoms with Crippen molar-refractivity contribution in [2.24, 2.45) is 5.73 Å². The van der Waals surface area contributed by atoms with Crippen LogP contribution in [-0.4, -0.2) is 37.8 Å². The first-order valence-corrected chi connectivity index (χ1v) is 10.1. The van der Waals surface area contributed by atoms with Crippen LogP contribution in [0.2, 0.25) is 0 Å². The van der Waals surface area contributed by atoms with E-state index in [0.717, 1.165) is 36.9 Å². The van der Waals surface area contributed by atoms with E-state index in [1.165, 1.54) is 6.92 Å². The number of nitrogens with zero attached hydrogens (tertiary/aromatic N) is 4. The Morgan fingerprint density at radius 3 is 2.50 bits per heavy atom. The Balaban J connectivity index is 1.55. The number of anilines is 3. The first-order valence-electron chi connectivity index (χ1n) is 10.1. The third kappa shape index (κ3) is 4.60. The van der Waals surface area contributed by atoms with Crippen molar-refractivity contribution in [3.05, 3.63) is 54.5 Å². The molecule has 2 atom stereocenters. The molecule has 0 aliphatic heterocycles. The number of hydrogen-bond acceptors (Lipinski definition) is 8. The first kappa shape index (κ1) is 19.9. The van der Waals surface area contributed by atoms with Gasteiger partial charge in [0, 0.05) is 41.9 Å². The van der Waals surface area contributed by atoms with Crippen LogP contribution in [0, 0.1) is 0 Å². The van der Waals surface area contributed by atoms with Crippen LogP contribution in [0.4, 0.5) is 17.5 Å². The third-order valence-electron chi connectivity index (χ3n) is 5.27. The van der Waals surface area contributed by atoms with Crippen molar-refractivity contribution in [3.8, 4) is 11.4 Å². The van der Waals surface area contributed by atoms with Crippen molar-refractivity contribution in [1.82, 2.24) is 19.9 Å². The van der Waals surface area contributed by atoms with Gasteiger partial charge in [-0.3, -0.25) is 4.79 Å². The van der Waals surface area contributed by atoms with Crippen molar-refractivity contribution in [1.29, 1.82) is 0 Å². The summed E-state index contributed by atoms with van der Waals surface area (Å²) in [7, 11) is 0. The van der Waals surface area contributed by atoms with E-state index in [1.54, 1.807) is 24.7 Å². The molecular formula is C22H25N7O. The van der Waals surface area contributed by atoms with Crippen molar-refractivity contribution < 1.29 is 4.79 Å². The molecule has 8 heteroatoms. The molecule has 1 aliphatic carbocycles. The van der Waals surface area contributed by atoms with Gasteiger partial charge in [-0.05, 0) is 50.1 Å². The molecule has 30 heavy (non-hydrogen) atoms. The van der Waals surface area contributed by atoms with E-state index in [4.69, 9.17) is 5.73 Å². The summed E-state index contributed by atoms with van der Waals surface area (Å²) < 4.78 is 0. The third-order valence-corrected chi connectivity index (χ3v) is 5.27. The van der Waals surface area contributed by atoms with E-state index in [0.29, 0.717) is 23.2 Å². The summed E-state index contributed by atoms with van der Waals surface area (Å²) in [6, 6.07) is 9.66. The second kappa shape index (κ2) is 8.96. The molecule has 0 spiro atoms. The lowest BCUT2D eigenvalue weighted by molar-refractivity contribution is 0.101. The zero-order chi connectivity index (χ0) is 20.9. The van der Waals surface area contributed by atoms with Gasteiger partial charge in [0.05, 0.1) is 5.56 Å². The van der Waals surface area contributed by atoms with Gasteiger partial charge in [0.2, 0.25) is 5.95 Å². The quantitative estimate of drug-likeness (QED) is 0.535. The maximum atomic E-state index is 12.1. The SMILES string of the molecule is CC(=O)c1cnc(N[C@@H]2CCCC[C@@H]2N)nc1Nc1ccc(-c2ncccn2)cc1. The van der Waals surface area contributed by atoms with E-state index < -0.39 is 0 Å². The van der Waals surface area contributed by atoms with Gasteiger partial charge >= 0.3 is 0 Å². The van der Waals surface area contributed by atoms with Gasteiger partial charge in [-0.1, -0.05) is 12.8 Å². The van der Waals surface area contributed by atoms with Gasteiger partial charge in [-0.2, -0.15) is 4.98 Å². The molecule has 0 amide bonds. The molecule has 3 aromatic rings. The molecule has 8 nitrogen and oxygen atoms in total. The number of Topliss-reactive ketones (excluding diaryl/α,β-unsaturated/α-hetero) is 1. The average molecular weight is 403 g/mol. The van der Waals surface area contributed by atoms with E-state index in [-0.39, 0.29) is 17.9 Å². The average Bonchev–Trinajstić information content (AvgIpc) is 2.76. The number of nitrogens with one attached hydrogen (secondary N) is 2. The molecule has 4 rings (SSSR count). The Morgan fingerprint density at radius 2 is 1.80 bits per heavy atom. The number of aromatic nitrogens is 4. The number of carbonyl (C=O) groups is 1. The van der Waals surface area contributed by atoms with Crippen LogP contribution in [0.15, 0.2) is 48.9 Å². The zero-order valence-electron chi connectivity index (χ0n) is 16.9. The maximum Gasteiger partial charge on any atom is 0.224 e. The summed E-state index contributed by atoms with van der Waals surface area (Å²) in [5.74, 6) is 1.49. The number of benzene rings is 1. The van der Waals surface area contributed by atoms with E-state index >= 15 is 0 Å². The molecule has 0 unspecified atom stereocenters. The minimum atomic E-state index is -0.104. The molecule has 154 valence electrons. The molecule has 1 fully saturated rings. The molecule has 0 saturated heterocycles. The van der Waals surface area contributed by atoms with Crippen molar-refractivity contribution in [3.63, 3.8) is 0 Å². The van der Waals surface area contributed by atoms with Crippen molar-refractivity contribution >= 4 is 23.2 Å². The lowest BCUT2D eigenvalue weighted by Gasteiger charge is -2.29. The van der Waals surface area contributed by atoms with Crippen LogP contribution < -0.4 is 16.4 Å². The summed E-state index contributed by atoms with van der Waals surface area (Å²) in [4.78, 5) is 29.5. The molecule has 0 radical (unpaired) electrons. The van der Waals surface area contributed by atoms with Crippen LogP contribution in [0.5, 0.6) is 0 Å². The number of hydrogen-bond donors (Lipinski definition) is 3. The first-order chi connectivity index (χ1) is 14.6. The molecule has 4 N–H and O–H groups in total. The van der Waals surface area contributed by atoms with Crippen LogP contribution in [0.3, 0.4) is 0 Å². The zero-order valence-corrected chi connectivity index (χ0v) is 16.9. The highest BCUT2D eigenvalue weighted by molar-refractivity contribution is 5.99. The van der Waals surface area contributed by atoms with E-state index in [1.807, 2.05) is 24.3 Å². The number of nitrogens with two attached hydrogens (primary N) is 1. The fourth-order valence-corrected chi connectivity index (χ4v) is 3.60. The van der Waals surface area contributed by atoms with Gasteiger partial charge in [-0.15, -0.1) is 0 Å². The second-order valence-electron chi connectivity index (χ2n) is 7.49. The smallest absolute Gasteiger partial charge is 0.224 e. The van der Waals surface area contributed by atoms with Gasteiger partial charge in [-0.25, -0.2) is 15.0 Å². The van der Waals surface area contributed by atoms with Crippen LogP contribution in [-0.2, 0) is 0 Å². The van der Waals surface area contributed by atoms with Gasteiger partial charge in [0.15, 0.2) is 11.6 Å². The van der Waals surface area contributed by atoms with Crippen LogP contribution in [0.1, 0.15) is 43.0 Å². The predicted molar refractivity (Wildman–Crippen MR) is 117 cm³/mol. The van der Waals surface area contributed by atoms with Crippen molar-refractivity contribution in [2.45, 2.75) is 44.7 Å². The molecular weight excluding hydrogens is 378 g/mol. The van der Waals surface area contributed by atoms with Crippen LogP contribution >= 0.6 is 0 Å². The molecule has 2 heterocycles. The predicted octanol–water partition coefficient (Wildman–Crippen LogP) is 3.56. The Bertz CT molecular complexity index is 1010. The molecule has 2 aromatic heterocycles.